The monoisotopic (exact) mass is 580 g/mol. The first-order chi connectivity index (χ1) is 20.8. The fourth-order valence-corrected chi connectivity index (χ4v) is 5.62. The standard InChI is InChI=1S/C34H36N4O5/c1-23(39)38-22-29(40)21-31(38)34(43)36-28-17-13-25(14-18-28)10-9-24-11-15-27(16-12-24)35-33(42)30-8-5-19-37(30)32(41)20-26-6-3-2-4-7-26/h2-4,6-7,9-18,29-31,40H,5,8,19-22H2,1H3,(H,35,42)(H,36,43)/b10-9+/t29-,30+,31+/m1/s1. The van der Waals surface area contributed by atoms with Gasteiger partial charge >= 0.3 is 0 Å². The zero-order chi connectivity index (χ0) is 30.3. The number of nitrogens with one attached hydrogen (secondary N) is 2. The number of anilines is 2. The second-order valence-electron chi connectivity index (χ2n) is 11.0. The van der Waals surface area contributed by atoms with E-state index in [4.69, 9.17) is 0 Å². The molecule has 3 aromatic carbocycles. The average Bonchev–Trinajstić information content (AvgIpc) is 3.66. The minimum atomic E-state index is -0.698. The molecule has 0 saturated carbocycles. The van der Waals surface area contributed by atoms with E-state index in [1.807, 2.05) is 78.9 Å². The smallest absolute Gasteiger partial charge is 0.247 e. The van der Waals surface area contributed by atoms with Crippen LogP contribution in [-0.2, 0) is 25.6 Å². The van der Waals surface area contributed by atoms with Gasteiger partial charge in [-0.1, -0.05) is 66.7 Å². The molecule has 0 unspecified atom stereocenters. The number of benzene rings is 3. The summed E-state index contributed by atoms with van der Waals surface area (Å²) in [6, 6.07) is 23.2. The minimum absolute atomic E-state index is 0.0342. The lowest BCUT2D eigenvalue weighted by atomic mass is 10.1. The van der Waals surface area contributed by atoms with Crippen LogP contribution in [-0.4, -0.2) is 69.8 Å². The summed E-state index contributed by atoms with van der Waals surface area (Å²) in [4.78, 5) is 53.5. The summed E-state index contributed by atoms with van der Waals surface area (Å²) in [6.07, 6.45) is 5.16. The predicted molar refractivity (Wildman–Crippen MR) is 166 cm³/mol. The predicted octanol–water partition coefficient (Wildman–Crippen LogP) is 3.95. The van der Waals surface area contributed by atoms with E-state index < -0.39 is 18.2 Å². The molecule has 9 nitrogen and oxygen atoms in total. The highest BCUT2D eigenvalue weighted by Crippen LogP contribution is 2.23. The summed E-state index contributed by atoms with van der Waals surface area (Å²) >= 11 is 0. The van der Waals surface area contributed by atoms with Crippen molar-refractivity contribution in [3.05, 3.63) is 95.6 Å². The van der Waals surface area contributed by atoms with Gasteiger partial charge in [0.15, 0.2) is 0 Å². The Morgan fingerprint density at radius 1 is 0.791 bits per heavy atom. The molecular weight excluding hydrogens is 544 g/mol. The number of hydrogen-bond donors (Lipinski definition) is 3. The van der Waals surface area contributed by atoms with E-state index in [2.05, 4.69) is 10.6 Å². The van der Waals surface area contributed by atoms with Gasteiger partial charge in [0.2, 0.25) is 23.6 Å². The van der Waals surface area contributed by atoms with Crippen molar-refractivity contribution in [2.75, 3.05) is 23.7 Å². The molecule has 0 spiro atoms. The van der Waals surface area contributed by atoms with Gasteiger partial charge in [0.05, 0.1) is 12.5 Å². The van der Waals surface area contributed by atoms with Crippen molar-refractivity contribution in [3.63, 3.8) is 0 Å². The fraction of sp³-hybridized carbons (Fsp3) is 0.294. The molecule has 9 heteroatoms. The van der Waals surface area contributed by atoms with Gasteiger partial charge in [-0.15, -0.1) is 0 Å². The van der Waals surface area contributed by atoms with E-state index in [-0.39, 0.29) is 43.0 Å². The summed E-state index contributed by atoms with van der Waals surface area (Å²) in [5.74, 6) is -0.763. The van der Waals surface area contributed by atoms with E-state index >= 15 is 0 Å². The average molecular weight is 581 g/mol. The zero-order valence-corrected chi connectivity index (χ0v) is 24.1. The van der Waals surface area contributed by atoms with E-state index in [0.717, 1.165) is 23.1 Å². The number of β-amino-alcohol motifs (C(OH)–C–C–N with tert-alkyl or cyclic N) is 1. The van der Waals surface area contributed by atoms with Crippen LogP contribution >= 0.6 is 0 Å². The van der Waals surface area contributed by atoms with Crippen LogP contribution < -0.4 is 10.6 Å². The Bertz CT molecular complexity index is 1490. The fourth-order valence-electron chi connectivity index (χ4n) is 5.62. The van der Waals surface area contributed by atoms with Crippen LogP contribution in [0.5, 0.6) is 0 Å². The molecule has 5 rings (SSSR count). The van der Waals surface area contributed by atoms with Gasteiger partial charge in [-0.25, -0.2) is 0 Å². The molecule has 3 N–H and O–H groups in total. The molecule has 0 radical (unpaired) electrons. The zero-order valence-electron chi connectivity index (χ0n) is 24.1. The van der Waals surface area contributed by atoms with Crippen LogP contribution in [0.2, 0.25) is 0 Å². The molecule has 2 saturated heterocycles. The van der Waals surface area contributed by atoms with Crippen molar-refractivity contribution >= 4 is 47.2 Å². The molecular formula is C34H36N4O5. The normalized spacial score (nSPS) is 19.9. The van der Waals surface area contributed by atoms with E-state index in [1.165, 1.54) is 11.8 Å². The summed E-state index contributed by atoms with van der Waals surface area (Å²) in [5, 5.41) is 15.7. The van der Waals surface area contributed by atoms with Crippen LogP contribution in [0.15, 0.2) is 78.9 Å². The van der Waals surface area contributed by atoms with E-state index in [9.17, 15) is 24.3 Å². The van der Waals surface area contributed by atoms with Gasteiger partial charge in [-0.2, -0.15) is 0 Å². The molecule has 2 heterocycles. The van der Waals surface area contributed by atoms with Crippen molar-refractivity contribution in [2.45, 2.75) is 50.8 Å². The second kappa shape index (κ2) is 13.5. The lowest BCUT2D eigenvalue weighted by Gasteiger charge is -2.24. The summed E-state index contributed by atoms with van der Waals surface area (Å²) < 4.78 is 0. The maximum absolute atomic E-state index is 13.0. The Hall–Kier alpha value is -4.76. The molecule has 2 fully saturated rings. The Morgan fingerprint density at radius 2 is 1.35 bits per heavy atom. The Morgan fingerprint density at radius 3 is 1.91 bits per heavy atom. The SMILES string of the molecule is CC(=O)N1C[C@H](O)C[C@H]1C(=O)Nc1ccc(/C=C/c2ccc(NC(=O)[C@@H]3CCCN3C(=O)Cc3ccccc3)cc2)cc1. The van der Waals surface area contributed by atoms with E-state index in [1.54, 1.807) is 17.0 Å². The molecule has 0 aliphatic carbocycles. The summed E-state index contributed by atoms with van der Waals surface area (Å²) in [5.41, 5.74) is 4.09. The van der Waals surface area contributed by atoms with Crippen LogP contribution in [0.1, 0.15) is 42.9 Å². The second-order valence-corrected chi connectivity index (χ2v) is 11.0. The highest BCUT2D eigenvalue weighted by Gasteiger charge is 2.37. The number of nitrogens with zero attached hydrogens (tertiary/aromatic N) is 2. The number of amides is 4. The number of carbonyl (C=O) groups is 4. The summed E-state index contributed by atoms with van der Waals surface area (Å²) in [6.45, 7) is 2.15. The maximum atomic E-state index is 13.0. The quantitative estimate of drug-likeness (QED) is 0.349. The number of carbonyl (C=O) groups excluding carboxylic acids is 4. The molecule has 2 aliphatic heterocycles. The van der Waals surface area contributed by atoms with Crippen molar-refractivity contribution in [1.29, 1.82) is 0 Å². The lowest BCUT2D eigenvalue weighted by molar-refractivity contribution is -0.136. The van der Waals surface area contributed by atoms with Crippen LogP contribution in [0.25, 0.3) is 12.2 Å². The molecule has 3 atom stereocenters. The van der Waals surface area contributed by atoms with Crippen molar-refractivity contribution in [3.8, 4) is 0 Å². The van der Waals surface area contributed by atoms with Crippen molar-refractivity contribution in [2.24, 2.45) is 0 Å². The van der Waals surface area contributed by atoms with Gasteiger partial charge in [-0.3, -0.25) is 19.2 Å². The van der Waals surface area contributed by atoms with Gasteiger partial charge in [-0.05, 0) is 53.8 Å². The van der Waals surface area contributed by atoms with Gasteiger partial charge in [0.25, 0.3) is 0 Å². The van der Waals surface area contributed by atoms with Crippen molar-refractivity contribution in [1.82, 2.24) is 9.80 Å². The first kappa shape index (κ1) is 29.7. The van der Waals surface area contributed by atoms with Gasteiger partial charge in [0, 0.05) is 37.8 Å². The largest absolute Gasteiger partial charge is 0.391 e. The third-order valence-electron chi connectivity index (χ3n) is 7.88. The highest BCUT2D eigenvalue weighted by atomic mass is 16.3. The molecule has 0 bridgehead atoms. The number of likely N-dealkylation sites (tertiary alicyclic amines) is 2. The third kappa shape index (κ3) is 7.55. The van der Waals surface area contributed by atoms with Crippen LogP contribution in [0, 0.1) is 0 Å². The summed E-state index contributed by atoms with van der Waals surface area (Å²) in [7, 11) is 0. The molecule has 3 aromatic rings. The number of aliphatic hydroxyl groups is 1. The van der Waals surface area contributed by atoms with Crippen LogP contribution in [0.4, 0.5) is 11.4 Å². The Labute approximate surface area is 251 Å². The Kier molecular flexibility index (Phi) is 9.32. The topological polar surface area (TPSA) is 119 Å². The molecule has 0 aromatic heterocycles. The molecule has 2 aliphatic rings. The van der Waals surface area contributed by atoms with Gasteiger partial charge < -0.3 is 25.5 Å². The lowest BCUT2D eigenvalue weighted by Crippen LogP contribution is -2.43. The van der Waals surface area contributed by atoms with Crippen LogP contribution in [0.3, 0.4) is 0 Å². The van der Waals surface area contributed by atoms with E-state index in [0.29, 0.717) is 24.3 Å². The van der Waals surface area contributed by atoms with Crippen molar-refractivity contribution < 1.29 is 24.3 Å². The Balaban J connectivity index is 1.12. The molecule has 4 amide bonds. The minimum Gasteiger partial charge on any atom is -0.391 e. The third-order valence-corrected chi connectivity index (χ3v) is 7.88. The maximum Gasteiger partial charge on any atom is 0.247 e. The van der Waals surface area contributed by atoms with Gasteiger partial charge in [0.1, 0.15) is 12.1 Å². The number of aliphatic hydroxyl groups excluding tert-OH is 1. The molecule has 222 valence electrons. The highest BCUT2D eigenvalue weighted by molar-refractivity contribution is 5.98. The first-order valence-electron chi connectivity index (χ1n) is 14.6. The number of rotatable bonds is 8. The first-order valence-corrected chi connectivity index (χ1v) is 14.6. The number of hydrogen-bond acceptors (Lipinski definition) is 5. The molecule has 43 heavy (non-hydrogen) atoms.